The van der Waals surface area contributed by atoms with E-state index in [0.717, 1.165) is 5.56 Å². The number of piperidine rings is 1. The molecule has 4 rings (SSSR count). The van der Waals surface area contributed by atoms with Crippen molar-refractivity contribution in [1.82, 2.24) is 4.90 Å². The molecule has 0 saturated carbocycles. The van der Waals surface area contributed by atoms with Gasteiger partial charge in [-0.3, -0.25) is 4.79 Å². The lowest BCUT2D eigenvalue weighted by Gasteiger charge is -2.55. The zero-order valence-corrected chi connectivity index (χ0v) is 19.4. The van der Waals surface area contributed by atoms with Crippen LogP contribution in [0.4, 0.5) is 26.3 Å². The summed E-state index contributed by atoms with van der Waals surface area (Å²) in [6.45, 7) is 0.977. The first-order chi connectivity index (χ1) is 16.4. The SMILES string of the molecule is O=C(c1cc(C(F)(F)F)cc(C(F)(F)F)c1)N1CCC([N+]2([O-])CCSCC2)C(c2ccccc2)C1. The standard InChI is InChI=1S/C24H24F6N2O2S/c25-23(26,27)18-12-17(13-19(14-18)24(28,29)30)22(33)31-7-6-21(32(34)8-10-35-11-9-32)20(15-31)16-4-2-1-3-5-16/h1-5,12-14,20-21H,6-11,15H2. The molecular formula is C24H24F6N2O2S. The fourth-order valence-corrected chi connectivity index (χ4v) is 6.04. The fourth-order valence-electron chi connectivity index (χ4n) is 4.96. The monoisotopic (exact) mass is 518 g/mol. The summed E-state index contributed by atoms with van der Waals surface area (Å²) in [6.07, 6.45) is -9.77. The van der Waals surface area contributed by atoms with E-state index in [9.17, 15) is 36.3 Å². The van der Waals surface area contributed by atoms with Gasteiger partial charge in [0.2, 0.25) is 0 Å². The number of nitrogens with zero attached hydrogens (tertiary/aromatic N) is 2. The molecule has 0 aliphatic carbocycles. The predicted octanol–water partition coefficient (Wildman–Crippen LogP) is 5.78. The molecule has 2 aromatic carbocycles. The molecule has 2 unspecified atom stereocenters. The number of hydroxylamine groups is 3. The average Bonchev–Trinajstić information content (AvgIpc) is 2.83. The lowest BCUT2D eigenvalue weighted by Crippen LogP contribution is -2.61. The van der Waals surface area contributed by atoms with Crippen LogP contribution >= 0.6 is 11.8 Å². The topological polar surface area (TPSA) is 43.4 Å². The van der Waals surface area contributed by atoms with Crippen molar-refractivity contribution in [3.8, 4) is 0 Å². The number of thioether (sulfide) groups is 1. The third-order valence-electron chi connectivity index (χ3n) is 6.76. The number of carbonyl (C=O) groups is 1. The Labute approximate surface area is 203 Å². The highest BCUT2D eigenvalue weighted by Gasteiger charge is 2.43. The van der Waals surface area contributed by atoms with Gasteiger partial charge in [-0.2, -0.15) is 38.1 Å². The van der Waals surface area contributed by atoms with Gasteiger partial charge in [-0.15, -0.1) is 0 Å². The van der Waals surface area contributed by atoms with Gasteiger partial charge in [0.05, 0.1) is 36.2 Å². The van der Waals surface area contributed by atoms with Crippen molar-refractivity contribution in [2.75, 3.05) is 37.7 Å². The molecule has 2 aromatic rings. The minimum atomic E-state index is -5.04. The minimum Gasteiger partial charge on any atom is -0.633 e. The van der Waals surface area contributed by atoms with Crippen molar-refractivity contribution in [3.05, 3.63) is 76.0 Å². The number of quaternary nitrogens is 1. The normalized spacial score (nSPS) is 23.2. The Hall–Kier alpha value is -2.24. The number of benzene rings is 2. The molecule has 0 N–H and O–H groups in total. The lowest BCUT2D eigenvalue weighted by molar-refractivity contribution is -0.904. The minimum absolute atomic E-state index is 0.00947. The molecular weight excluding hydrogens is 494 g/mol. The van der Waals surface area contributed by atoms with E-state index in [1.807, 2.05) is 18.2 Å². The Bertz CT molecular complexity index is 1020. The van der Waals surface area contributed by atoms with Gasteiger partial charge in [0, 0.05) is 36.6 Å². The molecule has 0 bridgehead atoms. The van der Waals surface area contributed by atoms with Gasteiger partial charge in [-0.1, -0.05) is 30.3 Å². The molecule has 1 amide bonds. The zero-order valence-electron chi connectivity index (χ0n) is 18.6. The van der Waals surface area contributed by atoms with E-state index >= 15 is 0 Å². The van der Waals surface area contributed by atoms with E-state index in [2.05, 4.69) is 0 Å². The van der Waals surface area contributed by atoms with Crippen LogP contribution in [-0.2, 0) is 12.4 Å². The number of hydrogen-bond acceptors (Lipinski definition) is 3. The number of halogens is 6. The van der Waals surface area contributed by atoms with E-state index in [-0.39, 0.29) is 31.1 Å². The van der Waals surface area contributed by atoms with Crippen LogP contribution in [0.5, 0.6) is 0 Å². The summed E-state index contributed by atoms with van der Waals surface area (Å²) < 4.78 is 79.4. The number of rotatable bonds is 3. The summed E-state index contributed by atoms with van der Waals surface area (Å²) in [6, 6.07) is 9.67. The summed E-state index contributed by atoms with van der Waals surface area (Å²) in [5.41, 5.74) is -2.90. The van der Waals surface area contributed by atoms with Crippen LogP contribution in [0.3, 0.4) is 0 Å². The van der Waals surface area contributed by atoms with Crippen LogP contribution in [0.25, 0.3) is 0 Å². The zero-order chi connectivity index (χ0) is 25.4. The highest BCUT2D eigenvalue weighted by molar-refractivity contribution is 7.99. The van der Waals surface area contributed by atoms with Gasteiger partial charge in [0.25, 0.3) is 5.91 Å². The van der Waals surface area contributed by atoms with E-state index in [1.54, 1.807) is 23.9 Å². The van der Waals surface area contributed by atoms with Crippen LogP contribution in [-0.4, -0.2) is 59.2 Å². The number of alkyl halides is 6. The van der Waals surface area contributed by atoms with Gasteiger partial charge >= 0.3 is 12.4 Å². The Morgan fingerprint density at radius 1 is 0.943 bits per heavy atom. The molecule has 0 spiro atoms. The highest BCUT2D eigenvalue weighted by Crippen LogP contribution is 2.39. The Kier molecular flexibility index (Phi) is 7.14. The maximum Gasteiger partial charge on any atom is 0.416 e. The first-order valence-electron chi connectivity index (χ1n) is 11.2. The molecule has 2 atom stereocenters. The summed E-state index contributed by atoms with van der Waals surface area (Å²) >= 11 is 1.70. The number of amides is 1. The molecule has 190 valence electrons. The van der Waals surface area contributed by atoms with E-state index in [1.165, 1.54) is 4.90 Å². The molecule has 4 nitrogen and oxygen atoms in total. The fraction of sp³-hybridized carbons (Fsp3) is 0.458. The Morgan fingerprint density at radius 3 is 2.06 bits per heavy atom. The molecule has 2 heterocycles. The molecule has 35 heavy (non-hydrogen) atoms. The Balaban J connectivity index is 1.67. The van der Waals surface area contributed by atoms with Gasteiger partial charge in [0.15, 0.2) is 0 Å². The molecule has 2 aliphatic rings. The first kappa shape index (κ1) is 25.8. The largest absolute Gasteiger partial charge is 0.633 e. The summed E-state index contributed by atoms with van der Waals surface area (Å²) in [7, 11) is 0. The van der Waals surface area contributed by atoms with E-state index in [4.69, 9.17) is 0 Å². The quantitative estimate of drug-likeness (QED) is 0.294. The van der Waals surface area contributed by atoms with Gasteiger partial charge in [-0.05, 0) is 23.8 Å². The molecule has 2 fully saturated rings. The second kappa shape index (κ2) is 9.67. The lowest BCUT2D eigenvalue weighted by atomic mass is 9.84. The van der Waals surface area contributed by atoms with Crippen LogP contribution in [0.2, 0.25) is 0 Å². The number of likely N-dealkylation sites (tertiary alicyclic amines) is 1. The Morgan fingerprint density at radius 2 is 1.51 bits per heavy atom. The number of carbonyl (C=O) groups excluding carboxylic acids is 1. The third-order valence-corrected chi connectivity index (χ3v) is 7.70. The van der Waals surface area contributed by atoms with Crippen molar-refractivity contribution >= 4 is 17.7 Å². The molecule has 2 aliphatic heterocycles. The van der Waals surface area contributed by atoms with Crippen molar-refractivity contribution in [2.45, 2.75) is 30.7 Å². The maximum atomic E-state index is 13.7. The average molecular weight is 519 g/mol. The van der Waals surface area contributed by atoms with Crippen molar-refractivity contribution in [1.29, 1.82) is 0 Å². The highest BCUT2D eigenvalue weighted by atomic mass is 32.2. The molecule has 0 radical (unpaired) electrons. The van der Waals surface area contributed by atoms with Gasteiger partial charge in [-0.25, -0.2) is 0 Å². The summed E-state index contributed by atoms with van der Waals surface area (Å²) in [5, 5.41) is 13.7. The predicted molar refractivity (Wildman–Crippen MR) is 121 cm³/mol. The van der Waals surface area contributed by atoms with Gasteiger partial charge in [0.1, 0.15) is 0 Å². The van der Waals surface area contributed by atoms with Crippen LogP contribution < -0.4 is 0 Å². The van der Waals surface area contributed by atoms with Gasteiger partial charge < -0.3 is 14.8 Å². The van der Waals surface area contributed by atoms with E-state index in [0.29, 0.717) is 43.1 Å². The summed E-state index contributed by atoms with van der Waals surface area (Å²) in [4.78, 5) is 14.5. The second-order valence-corrected chi connectivity index (χ2v) is 10.2. The molecule has 11 heteroatoms. The smallest absolute Gasteiger partial charge is 0.416 e. The third kappa shape index (κ3) is 5.62. The van der Waals surface area contributed by atoms with Crippen LogP contribution in [0.1, 0.15) is 39.4 Å². The van der Waals surface area contributed by atoms with Crippen LogP contribution in [0.15, 0.2) is 48.5 Å². The van der Waals surface area contributed by atoms with Crippen LogP contribution in [0, 0.1) is 5.21 Å². The second-order valence-electron chi connectivity index (χ2n) is 8.93. The van der Waals surface area contributed by atoms with Crippen molar-refractivity contribution in [3.63, 3.8) is 0 Å². The summed E-state index contributed by atoms with van der Waals surface area (Å²) in [5.74, 6) is 0.137. The molecule has 2 saturated heterocycles. The van der Waals surface area contributed by atoms with Crippen molar-refractivity contribution in [2.24, 2.45) is 0 Å². The van der Waals surface area contributed by atoms with Crippen molar-refractivity contribution < 1.29 is 35.8 Å². The maximum absolute atomic E-state index is 13.7. The number of hydrogen-bond donors (Lipinski definition) is 0. The first-order valence-corrected chi connectivity index (χ1v) is 12.3. The molecule has 0 aromatic heterocycles. The van der Waals surface area contributed by atoms with E-state index < -0.39 is 39.6 Å².